The van der Waals surface area contributed by atoms with Crippen LogP contribution in [0.3, 0.4) is 0 Å². The number of hydrogen-bond acceptors (Lipinski definition) is 1. The summed E-state index contributed by atoms with van der Waals surface area (Å²) in [5.74, 6) is 6.63. The van der Waals surface area contributed by atoms with E-state index in [1.807, 2.05) is 13.8 Å². The molecule has 1 atom stereocenters. The zero-order chi connectivity index (χ0) is 8.85. The molecule has 0 aliphatic carbocycles. The molecule has 1 heteroatoms. The topological polar surface area (TPSA) is 20.2 Å². The number of aliphatic hydroxyl groups excluding tert-OH is 1. The lowest BCUT2D eigenvalue weighted by Gasteiger charge is -2.05. The first kappa shape index (κ1) is 10.5. The van der Waals surface area contributed by atoms with E-state index in [0.29, 0.717) is 5.92 Å². The molecule has 0 radical (unpaired) electrons. The molecule has 0 saturated carbocycles. The third-order valence-corrected chi connectivity index (χ3v) is 1.39. The highest BCUT2D eigenvalue weighted by molar-refractivity contribution is 5.05. The van der Waals surface area contributed by atoms with Gasteiger partial charge in [-0.15, -0.1) is 5.92 Å². The predicted molar refractivity (Wildman–Crippen MR) is 48.1 cm³/mol. The number of rotatable bonds is 2. The van der Waals surface area contributed by atoms with E-state index in [4.69, 9.17) is 0 Å². The van der Waals surface area contributed by atoms with E-state index in [-0.39, 0.29) is 5.92 Å². The highest BCUT2D eigenvalue weighted by Gasteiger charge is 2.02. The van der Waals surface area contributed by atoms with Gasteiger partial charge in [-0.3, -0.25) is 0 Å². The quantitative estimate of drug-likeness (QED) is 0.603. The Bertz CT molecular complexity index is 148. The maximum Gasteiger partial charge on any atom is 0.117 e. The van der Waals surface area contributed by atoms with Crippen molar-refractivity contribution in [3.63, 3.8) is 0 Å². The maximum absolute atomic E-state index is 9.27. The minimum atomic E-state index is -0.450. The van der Waals surface area contributed by atoms with Gasteiger partial charge in [-0.25, -0.2) is 0 Å². The number of hydrogen-bond donors (Lipinski definition) is 1. The first-order chi connectivity index (χ1) is 5.04. The highest BCUT2D eigenvalue weighted by Crippen LogP contribution is 2.00. The molecule has 64 valence electrons. The molecule has 0 aliphatic rings. The smallest absolute Gasteiger partial charge is 0.117 e. The summed E-state index contributed by atoms with van der Waals surface area (Å²) in [6.07, 6.45) is 0.429. The molecular weight excluding hydrogens is 136 g/mol. The fourth-order valence-electron chi connectivity index (χ4n) is 0.534. The van der Waals surface area contributed by atoms with Gasteiger partial charge < -0.3 is 5.11 Å². The van der Waals surface area contributed by atoms with E-state index in [1.165, 1.54) is 0 Å². The zero-order valence-electron chi connectivity index (χ0n) is 7.89. The molecule has 1 nitrogen and oxygen atoms in total. The molecule has 0 bridgehead atoms. The third kappa shape index (κ3) is 5.94. The van der Waals surface area contributed by atoms with Crippen LogP contribution in [0.15, 0.2) is 0 Å². The molecule has 11 heavy (non-hydrogen) atoms. The van der Waals surface area contributed by atoms with Crippen LogP contribution in [0.1, 0.15) is 34.1 Å². The Morgan fingerprint density at radius 1 is 1.18 bits per heavy atom. The third-order valence-electron chi connectivity index (χ3n) is 1.39. The van der Waals surface area contributed by atoms with Gasteiger partial charge in [0.25, 0.3) is 0 Å². The summed E-state index contributed by atoms with van der Waals surface area (Å²) in [6, 6.07) is 0. The summed E-state index contributed by atoms with van der Waals surface area (Å²) in [7, 11) is 0. The second-order valence-electron chi connectivity index (χ2n) is 3.61. The van der Waals surface area contributed by atoms with Gasteiger partial charge in [-0.2, -0.15) is 0 Å². The van der Waals surface area contributed by atoms with E-state index in [0.717, 1.165) is 6.42 Å². The van der Waals surface area contributed by atoms with Gasteiger partial charge in [-0.05, 0) is 11.8 Å². The first-order valence-corrected chi connectivity index (χ1v) is 4.20. The van der Waals surface area contributed by atoms with Crippen molar-refractivity contribution in [2.24, 2.45) is 11.8 Å². The van der Waals surface area contributed by atoms with Gasteiger partial charge in [-0.1, -0.05) is 33.6 Å². The average Bonchev–Trinajstić information content (AvgIpc) is 1.86. The molecule has 0 saturated heterocycles. The SMILES string of the molecule is CC(C)CC#CC(O)C(C)C. The molecule has 0 rings (SSSR count). The zero-order valence-corrected chi connectivity index (χ0v) is 7.89. The van der Waals surface area contributed by atoms with Crippen molar-refractivity contribution in [1.82, 2.24) is 0 Å². The first-order valence-electron chi connectivity index (χ1n) is 4.20. The van der Waals surface area contributed by atoms with Gasteiger partial charge in [0.15, 0.2) is 0 Å². The van der Waals surface area contributed by atoms with Crippen LogP contribution in [-0.2, 0) is 0 Å². The van der Waals surface area contributed by atoms with Crippen LogP contribution in [0.2, 0.25) is 0 Å². The molecule has 0 fully saturated rings. The molecule has 0 spiro atoms. The molecule has 0 amide bonds. The van der Waals surface area contributed by atoms with E-state index in [9.17, 15) is 5.11 Å². The average molecular weight is 154 g/mol. The second-order valence-corrected chi connectivity index (χ2v) is 3.61. The molecule has 0 aromatic heterocycles. The largest absolute Gasteiger partial charge is 0.380 e. The number of aliphatic hydroxyl groups is 1. The Labute approximate surface area is 69.8 Å². The van der Waals surface area contributed by atoms with Crippen LogP contribution in [0, 0.1) is 23.7 Å². The van der Waals surface area contributed by atoms with Crippen molar-refractivity contribution in [3.05, 3.63) is 0 Å². The van der Waals surface area contributed by atoms with Crippen LogP contribution in [-0.4, -0.2) is 11.2 Å². The lowest BCUT2D eigenvalue weighted by Crippen LogP contribution is -2.11. The lowest BCUT2D eigenvalue weighted by atomic mass is 10.1. The van der Waals surface area contributed by atoms with Gasteiger partial charge in [0, 0.05) is 6.42 Å². The Morgan fingerprint density at radius 3 is 2.09 bits per heavy atom. The van der Waals surface area contributed by atoms with Crippen LogP contribution in [0.5, 0.6) is 0 Å². The van der Waals surface area contributed by atoms with Crippen molar-refractivity contribution < 1.29 is 5.11 Å². The Hall–Kier alpha value is -0.480. The Kier molecular flexibility index (Phi) is 4.98. The normalized spacial score (nSPS) is 13.0. The summed E-state index contributed by atoms with van der Waals surface area (Å²) < 4.78 is 0. The van der Waals surface area contributed by atoms with Crippen molar-refractivity contribution in [3.8, 4) is 11.8 Å². The predicted octanol–water partition coefficient (Wildman–Crippen LogP) is 2.05. The van der Waals surface area contributed by atoms with Crippen molar-refractivity contribution in [2.45, 2.75) is 40.2 Å². The molecule has 1 unspecified atom stereocenters. The molecule has 0 aliphatic heterocycles. The summed E-state index contributed by atoms with van der Waals surface area (Å²) in [4.78, 5) is 0. The fourth-order valence-corrected chi connectivity index (χ4v) is 0.534. The Balaban J connectivity index is 3.69. The van der Waals surface area contributed by atoms with Crippen LogP contribution >= 0.6 is 0 Å². The van der Waals surface area contributed by atoms with Gasteiger partial charge >= 0.3 is 0 Å². The minimum absolute atomic E-state index is 0.245. The minimum Gasteiger partial charge on any atom is -0.380 e. The summed E-state index contributed by atoms with van der Waals surface area (Å²) in [5.41, 5.74) is 0. The van der Waals surface area contributed by atoms with Gasteiger partial charge in [0.2, 0.25) is 0 Å². The molecular formula is C10H18O. The monoisotopic (exact) mass is 154 g/mol. The second kappa shape index (κ2) is 5.21. The van der Waals surface area contributed by atoms with Gasteiger partial charge in [0.1, 0.15) is 6.10 Å². The summed E-state index contributed by atoms with van der Waals surface area (Å²) in [6.45, 7) is 8.18. The van der Waals surface area contributed by atoms with Crippen molar-refractivity contribution in [2.75, 3.05) is 0 Å². The van der Waals surface area contributed by atoms with Crippen molar-refractivity contribution in [1.29, 1.82) is 0 Å². The van der Waals surface area contributed by atoms with E-state index < -0.39 is 6.10 Å². The summed E-state index contributed by atoms with van der Waals surface area (Å²) in [5, 5.41) is 9.27. The standard InChI is InChI=1S/C10H18O/c1-8(2)6-5-7-10(11)9(3)4/h8-11H,6H2,1-4H3. The lowest BCUT2D eigenvalue weighted by molar-refractivity contribution is 0.181. The summed E-state index contributed by atoms with van der Waals surface area (Å²) >= 11 is 0. The molecule has 0 aromatic rings. The maximum atomic E-state index is 9.27. The van der Waals surface area contributed by atoms with Crippen LogP contribution in [0.4, 0.5) is 0 Å². The Morgan fingerprint density at radius 2 is 1.73 bits per heavy atom. The molecule has 0 heterocycles. The molecule has 0 aromatic carbocycles. The molecule has 1 N–H and O–H groups in total. The van der Waals surface area contributed by atoms with Gasteiger partial charge in [0.05, 0.1) is 0 Å². The van der Waals surface area contributed by atoms with Crippen LogP contribution < -0.4 is 0 Å². The van der Waals surface area contributed by atoms with Crippen molar-refractivity contribution >= 4 is 0 Å². The van der Waals surface area contributed by atoms with E-state index in [1.54, 1.807) is 0 Å². The fraction of sp³-hybridized carbons (Fsp3) is 0.800. The van der Waals surface area contributed by atoms with E-state index >= 15 is 0 Å². The highest BCUT2D eigenvalue weighted by atomic mass is 16.3. The van der Waals surface area contributed by atoms with Crippen LogP contribution in [0.25, 0.3) is 0 Å². The van der Waals surface area contributed by atoms with E-state index in [2.05, 4.69) is 25.7 Å².